The minimum absolute atomic E-state index is 0.0661. The molecule has 1 rings (SSSR count). The molecule has 0 unspecified atom stereocenters. The van der Waals surface area contributed by atoms with E-state index >= 15 is 0 Å². The maximum absolute atomic E-state index is 11.7. The molecule has 15 heavy (non-hydrogen) atoms. The molecule has 0 heterocycles. The molecular weight excluding hydrogens is 186 g/mol. The fraction of sp³-hybridized carbons (Fsp3) is 0.308. The number of allylic oxidation sites excluding steroid dienone is 1. The van der Waals surface area contributed by atoms with Gasteiger partial charge in [-0.2, -0.15) is 0 Å². The number of amides is 1. The number of hydrogen-bond donors (Lipinski definition) is 0. The van der Waals surface area contributed by atoms with E-state index in [4.69, 9.17) is 0 Å². The van der Waals surface area contributed by atoms with E-state index in [0.29, 0.717) is 0 Å². The first-order valence-electron chi connectivity index (χ1n) is 4.98. The van der Waals surface area contributed by atoms with E-state index < -0.39 is 0 Å². The number of hydrogen-bond acceptors (Lipinski definition) is 1. The Labute approximate surface area is 91.2 Å². The van der Waals surface area contributed by atoms with Gasteiger partial charge in [0.1, 0.15) is 0 Å². The molecule has 1 amide bonds. The Morgan fingerprint density at radius 2 is 1.60 bits per heavy atom. The van der Waals surface area contributed by atoms with E-state index in [1.807, 2.05) is 44.2 Å². The number of benzene rings is 1. The molecule has 1 aromatic carbocycles. The molecule has 0 spiro atoms. The van der Waals surface area contributed by atoms with Crippen LogP contribution in [0.1, 0.15) is 19.4 Å². The van der Waals surface area contributed by atoms with Gasteiger partial charge in [0.25, 0.3) is 0 Å². The van der Waals surface area contributed by atoms with E-state index in [0.717, 1.165) is 16.7 Å². The van der Waals surface area contributed by atoms with Crippen LogP contribution in [0.5, 0.6) is 0 Å². The average molecular weight is 203 g/mol. The maximum atomic E-state index is 11.7. The van der Waals surface area contributed by atoms with Gasteiger partial charge in [0.15, 0.2) is 0 Å². The number of carbonyl (C=O) groups excluding carboxylic acids is 1. The molecule has 0 aliphatic rings. The molecule has 0 aromatic heterocycles. The Morgan fingerprint density at radius 3 is 2.07 bits per heavy atom. The van der Waals surface area contributed by atoms with E-state index in [1.54, 1.807) is 19.0 Å². The maximum Gasteiger partial charge on any atom is 0.249 e. The Balaban J connectivity index is 3.06. The zero-order chi connectivity index (χ0) is 11.4. The van der Waals surface area contributed by atoms with Crippen molar-refractivity contribution in [2.75, 3.05) is 14.1 Å². The zero-order valence-electron chi connectivity index (χ0n) is 9.74. The lowest BCUT2D eigenvalue weighted by Crippen LogP contribution is -2.22. The molecule has 0 aliphatic carbocycles. The van der Waals surface area contributed by atoms with Crippen LogP contribution in [0.15, 0.2) is 35.9 Å². The highest BCUT2D eigenvalue weighted by Crippen LogP contribution is 2.18. The second kappa shape index (κ2) is 4.78. The molecule has 2 nitrogen and oxygen atoms in total. The van der Waals surface area contributed by atoms with E-state index in [9.17, 15) is 4.79 Å². The largest absolute Gasteiger partial charge is 0.345 e. The molecule has 80 valence electrons. The second-order valence-electron chi connectivity index (χ2n) is 3.82. The number of nitrogens with zero attached hydrogens (tertiary/aromatic N) is 1. The molecule has 0 N–H and O–H groups in total. The van der Waals surface area contributed by atoms with Gasteiger partial charge in [-0.05, 0) is 25.0 Å². The standard InChI is InChI=1S/C13H17NO/c1-10(11(2)13(15)14(3)4)12-8-6-5-7-9-12/h5-9H,1-4H3/b11-10-. The third-order valence-electron chi connectivity index (χ3n) is 2.50. The van der Waals surface area contributed by atoms with Gasteiger partial charge >= 0.3 is 0 Å². The van der Waals surface area contributed by atoms with Crippen molar-refractivity contribution < 1.29 is 4.79 Å². The molecule has 0 aliphatic heterocycles. The van der Waals surface area contributed by atoms with Crippen molar-refractivity contribution in [2.24, 2.45) is 0 Å². The summed E-state index contributed by atoms with van der Waals surface area (Å²) in [4.78, 5) is 13.3. The normalized spacial score (nSPS) is 12.0. The van der Waals surface area contributed by atoms with Crippen LogP contribution in [0, 0.1) is 0 Å². The van der Waals surface area contributed by atoms with Gasteiger partial charge in [0.2, 0.25) is 5.91 Å². The summed E-state index contributed by atoms with van der Waals surface area (Å²) in [6.45, 7) is 3.84. The first kappa shape index (κ1) is 11.5. The van der Waals surface area contributed by atoms with Crippen molar-refractivity contribution in [3.05, 3.63) is 41.5 Å². The third-order valence-corrected chi connectivity index (χ3v) is 2.50. The van der Waals surface area contributed by atoms with Crippen LogP contribution in [0.4, 0.5) is 0 Å². The summed E-state index contributed by atoms with van der Waals surface area (Å²) >= 11 is 0. The van der Waals surface area contributed by atoms with Crippen molar-refractivity contribution in [3.8, 4) is 0 Å². The molecule has 0 saturated carbocycles. The zero-order valence-corrected chi connectivity index (χ0v) is 9.74. The number of rotatable bonds is 2. The van der Waals surface area contributed by atoms with Crippen LogP contribution in [0.25, 0.3) is 5.57 Å². The SMILES string of the molecule is C/C(C(=O)N(C)C)=C(\C)c1ccccc1. The molecule has 0 bridgehead atoms. The summed E-state index contributed by atoms with van der Waals surface area (Å²) < 4.78 is 0. The molecular formula is C13H17NO. The van der Waals surface area contributed by atoms with Gasteiger partial charge in [-0.25, -0.2) is 0 Å². The van der Waals surface area contributed by atoms with Crippen molar-refractivity contribution in [3.63, 3.8) is 0 Å². The van der Waals surface area contributed by atoms with Crippen LogP contribution in [0.3, 0.4) is 0 Å². The van der Waals surface area contributed by atoms with Crippen molar-refractivity contribution in [1.29, 1.82) is 0 Å². The van der Waals surface area contributed by atoms with Crippen LogP contribution in [-0.4, -0.2) is 24.9 Å². The highest BCUT2D eigenvalue weighted by molar-refractivity contribution is 5.99. The molecule has 0 radical (unpaired) electrons. The second-order valence-corrected chi connectivity index (χ2v) is 3.82. The van der Waals surface area contributed by atoms with Crippen molar-refractivity contribution in [2.45, 2.75) is 13.8 Å². The van der Waals surface area contributed by atoms with Gasteiger partial charge in [0, 0.05) is 19.7 Å². The lowest BCUT2D eigenvalue weighted by atomic mass is 10.0. The van der Waals surface area contributed by atoms with Crippen molar-refractivity contribution in [1.82, 2.24) is 4.90 Å². The molecule has 1 aromatic rings. The van der Waals surface area contributed by atoms with Crippen LogP contribution in [0.2, 0.25) is 0 Å². The lowest BCUT2D eigenvalue weighted by molar-refractivity contribution is -0.124. The van der Waals surface area contributed by atoms with Gasteiger partial charge in [-0.1, -0.05) is 30.3 Å². The predicted octanol–water partition coefficient (Wildman–Crippen LogP) is 2.57. The third kappa shape index (κ3) is 2.69. The fourth-order valence-electron chi connectivity index (χ4n) is 1.40. The minimum Gasteiger partial charge on any atom is -0.345 e. The Kier molecular flexibility index (Phi) is 3.67. The lowest BCUT2D eigenvalue weighted by Gasteiger charge is -2.13. The van der Waals surface area contributed by atoms with Gasteiger partial charge in [-0.15, -0.1) is 0 Å². The van der Waals surface area contributed by atoms with Crippen LogP contribution in [-0.2, 0) is 4.79 Å². The minimum atomic E-state index is 0.0661. The average Bonchev–Trinajstić information content (AvgIpc) is 2.27. The van der Waals surface area contributed by atoms with E-state index in [2.05, 4.69) is 0 Å². The summed E-state index contributed by atoms with van der Waals surface area (Å²) in [6, 6.07) is 9.96. The van der Waals surface area contributed by atoms with Crippen molar-refractivity contribution >= 4 is 11.5 Å². The highest BCUT2D eigenvalue weighted by Gasteiger charge is 2.10. The van der Waals surface area contributed by atoms with Gasteiger partial charge in [-0.3, -0.25) is 4.79 Å². The van der Waals surface area contributed by atoms with Gasteiger partial charge < -0.3 is 4.90 Å². The summed E-state index contributed by atoms with van der Waals surface area (Å²) in [5.41, 5.74) is 2.94. The van der Waals surface area contributed by atoms with E-state index in [-0.39, 0.29) is 5.91 Å². The Bertz CT molecular complexity index is 377. The fourth-order valence-corrected chi connectivity index (χ4v) is 1.40. The first-order chi connectivity index (χ1) is 7.04. The first-order valence-corrected chi connectivity index (χ1v) is 4.98. The molecule has 0 saturated heterocycles. The predicted molar refractivity (Wildman–Crippen MR) is 63.4 cm³/mol. The quantitative estimate of drug-likeness (QED) is 0.676. The summed E-state index contributed by atoms with van der Waals surface area (Å²) in [6.07, 6.45) is 0. The number of carbonyl (C=O) groups is 1. The summed E-state index contributed by atoms with van der Waals surface area (Å²) in [5, 5.41) is 0. The topological polar surface area (TPSA) is 20.3 Å². The Hall–Kier alpha value is -1.57. The summed E-state index contributed by atoms with van der Waals surface area (Å²) in [7, 11) is 3.54. The van der Waals surface area contributed by atoms with E-state index in [1.165, 1.54) is 0 Å². The van der Waals surface area contributed by atoms with Crippen LogP contribution >= 0.6 is 0 Å². The smallest absolute Gasteiger partial charge is 0.249 e. The molecule has 0 atom stereocenters. The molecule has 2 heteroatoms. The summed E-state index contributed by atoms with van der Waals surface area (Å²) in [5.74, 6) is 0.0661. The number of likely N-dealkylation sites (N-methyl/N-ethyl adjacent to an activating group) is 1. The monoisotopic (exact) mass is 203 g/mol. The molecule has 0 fully saturated rings. The Morgan fingerprint density at radius 1 is 1.07 bits per heavy atom. The van der Waals surface area contributed by atoms with Gasteiger partial charge in [0.05, 0.1) is 0 Å². The van der Waals surface area contributed by atoms with Crippen LogP contribution < -0.4 is 0 Å². The highest BCUT2D eigenvalue weighted by atomic mass is 16.2.